The Morgan fingerprint density at radius 3 is 3.07 bits per heavy atom. The highest BCUT2D eigenvalue weighted by molar-refractivity contribution is 6.10. The van der Waals surface area contributed by atoms with E-state index >= 15 is 0 Å². The van der Waals surface area contributed by atoms with Gasteiger partial charge in [-0.1, -0.05) is 18.2 Å². The van der Waals surface area contributed by atoms with E-state index in [9.17, 15) is 0 Å². The number of nitrogens with one attached hydrogen (secondary N) is 2. The van der Waals surface area contributed by atoms with Crippen molar-refractivity contribution < 1.29 is 0 Å². The zero-order chi connectivity index (χ0) is 10.3. The average molecular weight is 200 g/mol. The fourth-order valence-corrected chi connectivity index (χ4v) is 1.69. The molecule has 0 aliphatic carbocycles. The summed E-state index contributed by atoms with van der Waals surface area (Å²) in [5.41, 5.74) is 6.34. The normalized spacial score (nSPS) is 12.6. The summed E-state index contributed by atoms with van der Waals surface area (Å²) in [6.07, 6.45) is 1.75. The molecule has 6 nitrogen and oxygen atoms in total. The molecule has 0 bridgehead atoms. The van der Waals surface area contributed by atoms with E-state index in [2.05, 4.69) is 26.2 Å². The third-order valence-electron chi connectivity index (χ3n) is 2.35. The molecule has 1 aliphatic rings. The standard InChI is InChI=1S/C9H8N6/c10-12-8-6-3-1-2-5-4-11-13-9(7(5)6)15-14-8/h1-4H,10H2,(H,12,14)(H,13,15). The largest absolute Gasteiger partial charge is 0.306 e. The van der Waals surface area contributed by atoms with Gasteiger partial charge in [0.25, 0.3) is 0 Å². The second-order valence-electron chi connectivity index (χ2n) is 3.18. The number of nitrogens with two attached hydrogens (primary N) is 1. The predicted molar refractivity (Wildman–Crippen MR) is 58.6 cm³/mol. The number of hydrogen-bond acceptors (Lipinski definition) is 6. The third kappa shape index (κ3) is 1.05. The van der Waals surface area contributed by atoms with Gasteiger partial charge in [0.1, 0.15) is 0 Å². The molecule has 3 rings (SSSR count). The average Bonchev–Trinajstić information content (AvgIpc) is 2.30. The van der Waals surface area contributed by atoms with Gasteiger partial charge in [0.15, 0.2) is 11.6 Å². The number of hydrazine groups is 1. The Morgan fingerprint density at radius 1 is 1.27 bits per heavy atom. The number of nitrogens with zero attached hydrogens (tertiary/aromatic N) is 3. The molecule has 0 saturated carbocycles. The third-order valence-corrected chi connectivity index (χ3v) is 2.35. The molecule has 0 fully saturated rings. The summed E-state index contributed by atoms with van der Waals surface area (Å²) >= 11 is 0. The van der Waals surface area contributed by atoms with Gasteiger partial charge in [0.2, 0.25) is 0 Å². The van der Waals surface area contributed by atoms with Crippen LogP contribution in [0.3, 0.4) is 0 Å². The van der Waals surface area contributed by atoms with Crippen molar-refractivity contribution in [2.45, 2.75) is 0 Å². The van der Waals surface area contributed by atoms with Gasteiger partial charge in [0, 0.05) is 16.3 Å². The zero-order valence-corrected chi connectivity index (χ0v) is 7.73. The van der Waals surface area contributed by atoms with Crippen LogP contribution in [0.1, 0.15) is 5.56 Å². The predicted octanol–water partition coefficient (Wildman–Crippen LogP) is 0.675. The molecular formula is C9H8N6. The minimum Gasteiger partial charge on any atom is -0.306 e. The molecule has 0 amide bonds. The number of nitrogen functional groups attached to an aromatic ring is 1. The van der Waals surface area contributed by atoms with E-state index in [1.54, 1.807) is 6.21 Å². The molecule has 0 atom stereocenters. The first kappa shape index (κ1) is 8.13. The number of anilines is 2. The number of hydrazone groups is 1. The summed E-state index contributed by atoms with van der Waals surface area (Å²) in [6.45, 7) is 0. The van der Waals surface area contributed by atoms with Crippen LogP contribution >= 0.6 is 0 Å². The Hall–Kier alpha value is -2.21. The first-order valence-corrected chi connectivity index (χ1v) is 4.45. The van der Waals surface area contributed by atoms with Gasteiger partial charge in [-0.2, -0.15) is 5.10 Å². The molecule has 1 aromatic carbocycles. The molecule has 1 aliphatic heterocycles. The van der Waals surface area contributed by atoms with Crippen molar-refractivity contribution >= 4 is 28.6 Å². The van der Waals surface area contributed by atoms with Crippen molar-refractivity contribution in [2.24, 2.45) is 10.9 Å². The smallest absolute Gasteiger partial charge is 0.177 e. The quantitative estimate of drug-likeness (QED) is 0.465. The minimum atomic E-state index is 0.563. The van der Waals surface area contributed by atoms with Crippen molar-refractivity contribution in [3.8, 4) is 0 Å². The van der Waals surface area contributed by atoms with Gasteiger partial charge in [-0.3, -0.25) is 5.43 Å². The number of hydrogen-bond donors (Lipinski definition) is 3. The second kappa shape index (κ2) is 2.89. The Kier molecular flexibility index (Phi) is 1.57. The minimum absolute atomic E-state index is 0.563. The van der Waals surface area contributed by atoms with E-state index in [0.29, 0.717) is 11.6 Å². The number of benzene rings is 1. The van der Waals surface area contributed by atoms with Crippen LogP contribution in [0.2, 0.25) is 0 Å². The van der Waals surface area contributed by atoms with Crippen molar-refractivity contribution in [2.75, 3.05) is 10.9 Å². The summed E-state index contributed by atoms with van der Waals surface area (Å²) < 4.78 is 0. The van der Waals surface area contributed by atoms with Gasteiger partial charge in [0.05, 0.1) is 6.21 Å². The lowest BCUT2D eigenvalue weighted by atomic mass is 10.1. The van der Waals surface area contributed by atoms with E-state index in [0.717, 1.165) is 16.3 Å². The Balaban J connectivity index is 2.48. The van der Waals surface area contributed by atoms with E-state index in [1.807, 2.05) is 18.2 Å². The highest BCUT2D eigenvalue weighted by Crippen LogP contribution is 2.29. The highest BCUT2D eigenvalue weighted by atomic mass is 15.4. The summed E-state index contributed by atoms with van der Waals surface area (Å²) in [5, 5.41) is 13.8. The van der Waals surface area contributed by atoms with Crippen molar-refractivity contribution in [1.29, 1.82) is 0 Å². The van der Waals surface area contributed by atoms with Crippen LogP contribution in [0, 0.1) is 0 Å². The fourth-order valence-electron chi connectivity index (χ4n) is 1.69. The zero-order valence-electron chi connectivity index (χ0n) is 7.73. The van der Waals surface area contributed by atoms with Gasteiger partial charge in [-0.15, -0.1) is 10.2 Å². The summed E-state index contributed by atoms with van der Waals surface area (Å²) in [4.78, 5) is 0. The van der Waals surface area contributed by atoms with Crippen LogP contribution in [0.15, 0.2) is 23.3 Å². The molecule has 0 radical (unpaired) electrons. The highest BCUT2D eigenvalue weighted by Gasteiger charge is 2.13. The lowest BCUT2D eigenvalue weighted by molar-refractivity contribution is 1.03. The fraction of sp³-hybridized carbons (Fsp3) is 0. The monoisotopic (exact) mass is 200 g/mol. The maximum absolute atomic E-state index is 5.37. The molecule has 0 saturated heterocycles. The van der Waals surface area contributed by atoms with Gasteiger partial charge in [-0.25, -0.2) is 5.84 Å². The maximum Gasteiger partial charge on any atom is 0.177 e. The van der Waals surface area contributed by atoms with E-state index in [1.165, 1.54) is 0 Å². The van der Waals surface area contributed by atoms with Crippen LogP contribution < -0.4 is 16.7 Å². The van der Waals surface area contributed by atoms with E-state index in [-0.39, 0.29) is 0 Å². The number of rotatable bonds is 1. The lowest BCUT2D eigenvalue weighted by Crippen LogP contribution is -2.12. The first-order chi connectivity index (χ1) is 7.40. The molecule has 0 unspecified atom stereocenters. The summed E-state index contributed by atoms with van der Waals surface area (Å²) in [5.74, 6) is 6.59. The summed E-state index contributed by atoms with van der Waals surface area (Å²) in [7, 11) is 0. The SMILES string of the molecule is NNc1nnc2c3c(cccc13)C=NN2. The van der Waals surface area contributed by atoms with Crippen molar-refractivity contribution in [3.05, 3.63) is 23.8 Å². The molecule has 2 heterocycles. The van der Waals surface area contributed by atoms with Crippen LogP contribution in [0.25, 0.3) is 10.8 Å². The molecule has 2 aromatic rings. The van der Waals surface area contributed by atoms with Crippen molar-refractivity contribution in [1.82, 2.24) is 10.2 Å². The molecule has 4 N–H and O–H groups in total. The molecule has 6 heteroatoms. The topological polar surface area (TPSA) is 88.2 Å². The van der Waals surface area contributed by atoms with E-state index < -0.39 is 0 Å². The van der Waals surface area contributed by atoms with Crippen LogP contribution in [0.4, 0.5) is 11.6 Å². The maximum atomic E-state index is 5.37. The molecule has 0 spiro atoms. The number of aromatic nitrogens is 2. The molecule has 74 valence electrons. The Bertz CT molecular complexity index is 562. The lowest BCUT2D eigenvalue weighted by Gasteiger charge is -2.12. The van der Waals surface area contributed by atoms with Crippen LogP contribution in [0.5, 0.6) is 0 Å². The van der Waals surface area contributed by atoms with Crippen molar-refractivity contribution in [3.63, 3.8) is 0 Å². The van der Waals surface area contributed by atoms with Crippen LogP contribution in [-0.2, 0) is 0 Å². The van der Waals surface area contributed by atoms with Gasteiger partial charge >= 0.3 is 0 Å². The van der Waals surface area contributed by atoms with E-state index in [4.69, 9.17) is 5.84 Å². The first-order valence-electron chi connectivity index (χ1n) is 4.45. The summed E-state index contributed by atoms with van der Waals surface area (Å²) in [6, 6.07) is 5.84. The Morgan fingerprint density at radius 2 is 2.20 bits per heavy atom. The Labute approximate surface area is 85.2 Å². The molecule has 15 heavy (non-hydrogen) atoms. The van der Waals surface area contributed by atoms with Gasteiger partial charge < -0.3 is 5.43 Å². The van der Waals surface area contributed by atoms with Crippen LogP contribution in [-0.4, -0.2) is 16.4 Å². The molecular weight excluding hydrogens is 192 g/mol. The van der Waals surface area contributed by atoms with Gasteiger partial charge in [-0.05, 0) is 0 Å². The second-order valence-corrected chi connectivity index (χ2v) is 3.18. The molecule has 1 aromatic heterocycles.